The molecule has 0 aromatic rings. The van der Waals surface area contributed by atoms with E-state index in [9.17, 15) is 19.5 Å². The first-order valence-electron chi connectivity index (χ1n) is 6.94. The van der Waals surface area contributed by atoms with E-state index in [-0.39, 0.29) is 36.2 Å². The topological polar surface area (TPSA) is 86.7 Å². The quantitative estimate of drug-likeness (QED) is 0.770. The number of carboxylic acid groups (broad SMARTS) is 1. The number of carbonyl (C=O) groups is 3. The van der Waals surface area contributed by atoms with Gasteiger partial charge in [-0.1, -0.05) is 0 Å². The number of carbonyl (C=O) groups excluding carboxylic acids is 2. The minimum Gasteiger partial charge on any atom is -0.481 e. The highest BCUT2D eigenvalue weighted by Crippen LogP contribution is 2.48. The second-order valence-electron chi connectivity index (χ2n) is 5.86. The van der Waals surface area contributed by atoms with E-state index >= 15 is 0 Å². The summed E-state index contributed by atoms with van der Waals surface area (Å²) >= 11 is 1.49. The van der Waals surface area contributed by atoms with Gasteiger partial charge in [-0.25, -0.2) is 0 Å². The summed E-state index contributed by atoms with van der Waals surface area (Å²) in [4.78, 5) is 36.4. The molecule has 3 rings (SSSR count). The van der Waals surface area contributed by atoms with Gasteiger partial charge in [0.1, 0.15) is 6.54 Å². The van der Waals surface area contributed by atoms with Gasteiger partial charge in [-0.2, -0.15) is 0 Å². The Labute approximate surface area is 121 Å². The Balaban J connectivity index is 1.60. The van der Waals surface area contributed by atoms with E-state index in [2.05, 4.69) is 5.32 Å². The van der Waals surface area contributed by atoms with Crippen LogP contribution in [0.2, 0.25) is 0 Å². The van der Waals surface area contributed by atoms with Crippen LogP contribution in [0, 0.1) is 17.8 Å². The smallest absolute Gasteiger partial charge is 0.308 e. The Bertz CT molecular complexity index is 456. The van der Waals surface area contributed by atoms with E-state index in [4.69, 9.17) is 0 Å². The van der Waals surface area contributed by atoms with Crippen LogP contribution < -0.4 is 5.32 Å². The lowest BCUT2D eigenvalue weighted by Crippen LogP contribution is -2.49. The lowest BCUT2D eigenvalue weighted by molar-refractivity contribution is -0.145. The van der Waals surface area contributed by atoms with Gasteiger partial charge in [-0.05, 0) is 31.1 Å². The molecule has 0 aromatic heterocycles. The van der Waals surface area contributed by atoms with Crippen molar-refractivity contribution in [1.82, 2.24) is 10.2 Å². The lowest BCUT2D eigenvalue weighted by Gasteiger charge is -2.29. The monoisotopic (exact) mass is 298 g/mol. The first-order valence-corrected chi connectivity index (χ1v) is 8.09. The predicted octanol–water partition coefficient (Wildman–Crippen LogP) is 0.135. The molecule has 1 aliphatic heterocycles. The molecule has 20 heavy (non-hydrogen) atoms. The largest absolute Gasteiger partial charge is 0.481 e. The average molecular weight is 298 g/mol. The van der Waals surface area contributed by atoms with Crippen molar-refractivity contribution in [2.24, 2.45) is 17.8 Å². The van der Waals surface area contributed by atoms with Gasteiger partial charge in [-0.3, -0.25) is 14.4 Å². The second-order valence-corrected chi connectivity index (χ2v) is 6.81. The summed E-state index contributed by atoms with van der Waals surface area (Å²) in [6, 6.07) is -0.260. The number of carboxylic acids is 1. The zero-order valence-electron chi connectivity index (χ0n) is 11.1. The van der Waals surface area contributed by atoms with Gasteiger partial charge < -0.3 is 15.3 Å². The highest BCUT2D eigenvalue weighted by molar-refractivity contribution is 8.00. The molecule has 2 saturated carbocycles. The number of hydrogen-bond donors (Lipinski definition) is 2. The van der Waals surface area contributed by atoms with E-state index in [0.29, 0.717) is 11.6 Å². The Morgan fingerprint density at radius 2 is 2.10 bits per heavy atom. The highest BCUT2D eigenvalue weighted by atomic mass is 32.2. The number of thioether (sulfide) groups is 1. The van der Waals surface area contributed by atoms with Crippen LogP contribution in [0.1, 0.15) is 19.3 Å². The molecule has 4 atom stereocenters. The van der Waals surface area contributed by atoms with Crippen molar-refractivity contribution in [2.75, 3.05) is 18.2 Å². The molecule has 6 nitrogen and oxygen atoms in total. The molecule has 0 aromatic carbocycles. The van der Waals surface area contributed by atoms with E-state index in [1.807, 2.05) is 0 Å². The third kappa shape index (κ3) is 2.39. The summed E-state index contributed by atoms with van der Waals surface area (Å²) in [6.45, 7) is 0.0477. The first-order chi connectivity index (χ1) is 9.56. The normalized spacial score (nSPS) is 35.6. The summed E-state index contributed by atoms with van der Waals surface area (Å²) in [5, 5.41) is 12.2. The molecule has 2 bridgehead atoms. The van der Waals surface area contributed by atoms with Crippen molar-refractivity contribution in [2.45, 2.75) is 25.3 Å². The van der Waals surface area contributed by atoms with Gasteiger partial charge >= 0.3 is 5.97 Å². The molecule has 7 heteroatoms. The molecule has 0 spiro atoms. The fraction of sp³-hybridized carbons (Fsp3) is 0.769. The predicted molar refractivity (Wildman–Crippen MR) is 72.9 cm³/mol. The molecule has 2 N–H and O–H groups in total. The standard InChI is InChI=1S/C13H18N2O4S/c16-9(4-15-6-20-5-10(15)17)14-12-8-2-1-7(3-8)11(12)13(18)19/h7-8,11-12H,1-6H2,(H,14,16)(H,18,19). The third-order valence-electron chi connectivity index (χ3n) is 4.69. The van der Waals surface area contributed by atoms with Crippen molar-refractivity contribution < 1.29 is 19.5 Å². The molecule has 1 heterocycles. The van der Waals surface area contributed by atoms with E-state index in [1.165, 1.54) is 16.7 Å². The van der Waals surface area contributed by atoms with Crippen LogP contribution in [0.25, 0.3) is 0 Å². The van der Waals surface area contributed by atoms with Gasteiger partial charge in [0.2, 0.25) is 11.8 Å². The van der Waals surface area contributed by atoms with Crippen molar-refractivity contribution >= 4 is 29.5 Å². The average Bonchev–Trinajstić information content (AvgIpc) is 3.06. The van der Waals surface area contributed by atoms with Crippen LogP contribution >= 0.6 is 11.8 Å². The van der Waals surface area contributed by atoms with Crippen LogP contribution in [0.15, 0.2) is 0 Å². The molecule has 2 amide bonds. The third-order valence-corrected chi connectivity index (χ3v) is 5.63. The number of nitrogens with one attached hydrogen (secondary N) is 1. The lowest BCUT2D eigenvalue weighted by atomic mass is 9.84. The Hall–Kier alpha value is -1.24. The number of aliphatic carboxylic acids is 1. The maximum Gasteiger partial charge on any atom is 0.308 e. The van der Waals surface area contributed by atoms with Crippen LogP contribution in [-0.4, -0.2) is 52.0 Å². The van der Waals surface area contributed by atoms with Gasteiger partial charge in [0, 0.05) is 6.04 Å². The zero-order chi connectivity index (χ0) is 14.3. The molecule has 1 saturated heterocycles. The fourth-order valence-electron chi connectivity index (χ4n) is 3.80. The Morgan fingerprint density at radius 1 is 1.35 bits per heavy atom. The maximum atomic E-state index is 12.0. The zero-order valence-corrected chi connectivity index (χ0v) is 11.9. The molecular formula is C13H18N2O4S. The van der Waals surface area contributed by atoms with E-state index in [1.54, 1.807) is 0 Å². The summed E-state index contributed by atoms with van der Waals surface area (Å²) in [5.41, 5.74) is 0. The summed E-state index contributed by atoms with van der Waals surface area (Å²) in [6.07, 6.45) is 2.85. The summed E-state index contributed by atoms with van der Waals surface area (Å²) in [5.74, 6) is -0.0560. The van der Waals surface area contributed by atoms with Gasteiger partial charge in [0.05, 0.1) is 17.5 Å². The summed E-state index contributed by atoms with van der Waals surface area (Å²) < 4.78 is 0. The summed E-state index contributed by atoms with van der Waals surface area (Å²) in [7, 11) is 0. The Kier molecular flexibility index (Phi) is 3.62. The molecule has 4 unspecified atom stereocenters. The minimum absolute atomic E-state index is 0.0205. The van der Waals surface area contributed by atoms with Gasteiger partial charge in [0.25, 0.3) is 0 Å². The number of amides is 2. The van der Waals surface area contributed by atoms with Crippen molar-refractivity contribution in [3.8, 4) is 0 Å². The van der Waals surface area contributed by atoms with Gasteiger partial charge in [-0.15, -0.1) is 11.8 Å². The number of rotatable bonds is 4. The van der Waals surface area contributed by atoms with E-state index < -0.39 is 11.9 Å². The highest BCUT2D eigenvalue weighted by Gasteiger charge is 2.51. The second kappa shape index (κ2) is 5.27. The molecule has 0 radical (unpaired) electrons. The van der Waals surface area contributed by atoms with Crippen molar-refractivity contribution in [1.29, 1.82) is 0 Å². The van der Waals surface area contributed by atoms with Crippen LogP contribution in [0.4, 0.5) is 0 Å². The molecule has 2 aliphatic carbocycles. The molecular weight excluding hydrogens is 280 g/mol. The number of nitrogens with zero attached hydrogens (tertiary/aromatic N) is 1. The van der Waals surface area contributed by atoms with Crippen LogP contribution in [0.3, 0.4) is 0 Å². The minimum atomic E-state index is -0.810. The fourth-order valence-corrected chi connectivity index (χ4v) is 4.70. The molecule has 3 fully saturated rings. The number of fused-ring (bicyclic) bond motifs is 2. The Morgan fingerprint density at radius 3 is 2.75 bits per heavy atom. The first kappa shape index (κ1) is 13.7. The van der Waals surface area contributed by atoms with Crippen molar-refractivity contribution in [3.63, 3.8) is 0 Å². The number of hydrogen-bond acceptors (Lipinski definition) is 4. The van der Waals surface area contributed by atoms with E-state index in [0.717, 1.165) is 19.3 Å². The molecule has 110 valence electrons. The van der Waals surface area contributed by atoms with Crippen LogP contribution in [-0.2, 0) is 14.4 Å². The van der Waals surface area contributed by atoms with Crippen molar-refractivity contribution in [3.05, 3.63) is 0 Å². The molecule has 3 aliphatic rings. The van der Waals surface area contributed by atoms with Crippen LogP contribution in [0.5, 0.6) is 0 Å². The maximum absolute atomic E-state index is 12.0. The SMILES string of the molecule is O=C(CN1CSCC1=O)NC1C2CCC(C2)C1C(=O)O. The van der Waals surface area contributed by atoms with Gasteiger partial charge in [0.15, 0.2) is 0 Å².